The second kappa shape index (κ2) is 5.47. The summed E-state index contributed by atoms with van der Waals surface area (Å²) in [5.74, 6) is -0.0713. The maximum Gasteiger partial charge on any atom is 0.253 e. The molecule has 1 N–H and O–H groups in total. The second-order valence-corrected chi connectivity index (χ2v) is 6.03. The number of amides is 2. The van der Waals surface area contributed by atoms with E-state index in [4.69, 9.17) is 0 Å². The van der Waals surface area contributed by atoms with Gasteiger partial charge in [0, 0.05) is 31.1 Å². The zero-order valence-corrected chi connectivity index (χ0v) is 12.1. The maximum absolute atomic E-state index is 13.4. The molecule has 2 saturated heterocycles. The highest BCUT2D eigenvalue weighted by molar-refractivity contribution is 5.94. The summed E-state index contributed by atoms with van der Waals surface area (Å²) in [5.41, 5.74) is 1.16. The summed E-state index contributed by atoms with van der Waals surface area (Å²) in [7, 11) is 0. The summed E-state index contributed by atoms with van der Waals surface area (Å²) in [5, 5.41) is 3.00. The SMILES string of the molecule is Cc1cc(F)cc(C(=O)N2CCC3NC(=O)CCC3C2)c1. The van der Waals surface area contributed by atoms with Gasteiger partial charge in [0.2, 0.25) is 5.91 Å². The minimum Gasteiger partial charge on any atom is -0.353 e. The molecule has 4 nitrogen and oxygen atoms in total. The van der Waals surface area contributed by atoms with Crippen LogP contribution in [0.5, 0.6) is 0 Å². The van der Waals surface area contributed by atoms with E-state index in [2.05, 4.69) is 5.32 Å². The van der Waals surface area contributed by atoms with Gasteiger partial charge in [0.05, 0.1) is 0 Å². The quantitative estimate of drug-likeness (QED) is 0.858. The average Bonchev–Trinajstić information content (AvgIpc) is 2.45. The van der Waals surface area contributed by atoms with E-state index in [-0.39, 0.29) is 23.7 Å². The molecule has 0 aromatic heterocycles. The largest absolute Gasteiger partial charge is 0.353 e. The number of piperidine rings is 2. The van der Waals surface area contributed by atoms with Crippen LogP contribution in [0.15, 0.2) is 18.2 Å². The number of likely N-dealkylation sites (tertiary alicyclic amines) is 1. The first kappa shape index (κ1) is 14.0. The number of nitrogens with zero attached hydrogens (tertiary/aromatic N) is 1. The Kier molecular flexibility index (Phi) is 3.66. The molecular weight excluding hydrogens is 271 g/mol. The van der Waals surface area contributed by atoms with Gasteiger partial charge in [-0.25, -0.2) is 4.39 Å². The molecule has 0 bridgehead atoms. The molecule has 2 unspecified atom stereocenters. The minimum absolute atomic E-state index is 0.108. The minimum atomic E-state index is -0.377. The van der Waals surface area contributed by atoms with E-state index in [1.165, 1.54) is 12.1 Å². The van der Waals surface area contributed by atoms with E-state index in [0.717, 1.165) is 18.4 Å². The van der Waals surface area contributed by atoms with Gasteiger partial charge in [0.1, 0.15) is 5.82 Å². The second-order valence-electron chi connectivity index (χ2n) is 6.03. The van der Waals surface area contributed by atoms with E-state index >= 15 is 0 Å². The van der Waals surface area contributed by atoms with Gasteiger partial charge < -0.3 is 10.2 Å². The van der Waals surface area contributed by atoms with Gasteiger partial charge >= 0.3 is 0 Å². The number of hydrogen-bond donors (Lipinski definition) is 1. The lowest BCUT2D eigenvalue weighted by atomic mass is 9.85. The van der Waals surface area contributed by atoms with Crippen LogP contribution in [0.2, 0.25) is 0 Å². The van der Waals surface area contributed by atoms with Gasteiger partial charge in [-0.05, 0) is 49.4 Å². The summed E-state index contributed by atoms with van der Waals surface area (Å²) in [6.07, 6.45) is 2.13. The molecule has 1 aromatic carbocycles. The number of carbonyl (C=O) groups excluding carboxylic acids is 2. The van der Waals surface area contributed by atoms with Crippen LogP contribution in [0.3, 0.4) is 0 Å². The van der Waals surface area contributed by atoms with Gasteiger partial charge in [-0.1, -0.05) is 0 Å². The molecule has 2 aliphatic heterocycles. The van der Waals surface area contributed by atoms with Crippen molar-refractivity contribution in [2.75, 3.05) is 13.1 Å². The predicted octanol–water partition coefficient (Wildman–Crippen LogP) is 1.87. The Bertz CT molecular complexity index is 567. The van der Waals surface area contributed by atoms with Gasteiger partial charge in [-0.2, -0.15) is 0 Å². The van der Waals surface area contributed by atoms with Crippen LogP contribution in [0, 0.1) is 18.7 Å². The lowest BCUT2D eigenvalue weighted by Gasteiger charge is -2.41. The summed E-state index contributed by atoms with van der Waals surface area (Å²) < 4.78 is 13.4. The number of fused-ring (bicyclic) bond motifs is 1. The maximum atomic E-state index is 13.4. The third-order valence-corrected chi connectivity index (χ3v) is 4.40. The lowest BCUT2D eigenvalue weighted by molar-refractivity contribution is -0.125. The summed E-state index contributed by atoms with van der Waals surface area (Å²) >= 11 is 0. The summed E-state index contributed by atoms with van der Waals surface area (Å²) in [6, 6.07) is 4.62. The molecule has 3 rings (SSSR count). The molecule has 1 aromatic rings. The number of aryl methyl sites for hydroxylation is 1. The Hall–Kier alpha value is -1.91. The Morgan fingerprint density at radius 2 is 2.14 bits per heavy atom. The van der Waals surface area contributed by atoms with Crippen molar-refractivity contribution in [1.82, 2.24) is 10.2 Å². The highest BCUT2D eigenvalue weighted by Gasteiger charge is 2.35. The van der Waals surface area contributed by atoms with Crippen LogP contribution < -0.4 is 5.32 Å². The zero-order valence-electron chi connectivity index (χ0n) is 12.1. The third kappa shape index (κ3) is 2.91. The van der Waals surface area contributed by atoms with Gasteiger partial charge in [0.15, 0.2) is 0 Å². The van der Waals surface area contributed by atoms with Crippen LogP contribution in [0.25, 0.3) is 0 Å². The molecule has 112 valence electrons. The van der Waals surface area contributed by atoms with E-state index < -0.39 is 0 Å². The average molecular weight is 290 g/mol. The number of rotatable bonds is 1. The number of halogens is 1. The van der Waals surface area contributed by atoms with Crippen LogP contribution in [0.1, 0.15) is 35.2 Å². The molecule has 0 radical (unpaired) electrons. The Morgan fingerprint density at radius 1 is 1.33 bits per heavy atom. The first-order valence-corrected chi connectivity index (χ1v) is 7.39. The smallest absolute Gasteiger partial charge is 0.253 e. The fraction of sp³-hybridized carbons (Fsp3) is 0.500. The molecule has 5 heteroatoms. The molecule has 2 heterocycles. The van der Waals surface area contributed by atoms with Crippen molar-refractivity contribution >= 4 is 11.8 Å². The number of benzene rings is 1. The molecule has 2 atom stereocenters. The van der Waals surface area contributed by atoms with Crippen molar-refractivity contribution in [3.8, 4) is 0 Å². The van der Waals surface area contributed by atoms with Crippen molar-refractivity contribution in [3.05, 3.63) is 35.1 Å². The monoisotopic (exact) mass is 290 g/mol. The lowest BCUT2D eigenvalue weighted by Crippen LogP contribution is -2.55. The van der Waals surface area contributed by atoms with E-state index in [1.54, 1.807) is 17.9 Å². The Labute approximate surface area is 123 Å². The molecule has 2 fully saturated rings. The van der Waals surface area contributed by atoms with Crippen LogP contribution in [-0.4, -0.2) is 35.8 Å². The van der Waals surface area contributed by atoms with Crippen LogP contribution >= 0.6 is 0 Å². The van der Waals surface area contributed by atoms with Crippen LogP contribution in [-0.2, 0) is 4.79 Å². The van der Waals surface area contributed by atoms with E-state index in [1.807, 2.05) is 0 Å². The van der Waals surface area contributed by atoms with Gasteiger partial charge in [0.25, 0.3) is 5.91 Å². The van der Waals surface area contributed by atoms with Crippen molar-refractivity contribution in [1.29, 1.82) is 0 Å². The topological polar surface area (TPSA) is 49.4 Å². The predicted molar refractivity (Wildman–Crippen MR) is 76.3 cm³/mol. The fourth-order valence-electron chi connectivity index (χ4n) is 3.34. The van der Waals surface area contributed by atoms with Crippen molar-refractivity contribution in [2.45, 2.75) is 32.2 Å². The third-order valence-electron chi connectivity index (χ3n) is 4.40. The fourth-order valence-corrected chi connectivity index (χ4v) is 3.34. The first-order valence-electron chi connectivity index (χ1n) is 7.39. The molecule has 2 amide bonds. The highest BCUT2D eigenvalue weighted by atomic mass is 19.1. The number of nitrogens with one attached hydrogen (secondary N) is 1. The molecular formula is C16H19FN2O2. The standard InChI is InChI=1S/C16H19FN2O2/c1-10-6-12(8-13(17)7-10)16(21)19-5-4-14-11(9-19)2-3-15(20)18-14/h6-8,11,14H,2-5,9H2,1H3,(H,18,20). The Morgan fingerprint density at radius 3 is 2.90 bits per heavy atom. The summed E-state index contributed by atoms with van der Waals surface area (Å²) in [4.78, 5) is 25.7. The normalized spacial score (nSPS) is 25.2. The molecule has 0 saturated carbocycles. The molecule has 2 aliphatic rings. The number of hydrogen-bond acceptors (Lipinski definition) is 2. The van der Waals surface area contributed by atoms with Crippen molar-refractivity contribution in [3.63, 3.8) is 0 Å². The Balaban J connectivity index is 1.73. The highest BCUT2D eigenvalue weighted by Crippen LogP contribution is 2.26. The van der Waals surface area contributed by atoms with E-state index in [9.17, 15) is 14.0 Å². The van der Waals surface area contributed by atoms with Crippen molar-refractivity contribution in [2.24, 2.45) is 5.92 Å². The summed E-state index contributed by atoms with van der Waals surface area (Å²) in [6.45, 7) is 3.03. The van der Waals surface area contributed by atoms with Gasteiger partial charge in [-0.15, -0.1) is 0 Å². The molecule has 0 aliphatic carbocycles. The van der Waals surface area contributed by atoms with E-state index in [0.29, 0.717) is 31.0 Å². The van der Waals surface area contributed by atoms with Crippen LogP contribution in [0.4, 0.5) is 4.39 Å². The van der Waals surface area contributed by atoms with Crippen molar-refractivity contribution < 1.29 is 14.0 Å². The molecule has 21 heavy (non-hydrogen) atoms. The van der Waals surface area contributed by atoms with Gasteiger partial charge in [-0.3, -0.25) is 9.59 Å². The zero-order chi connectivity index (χ0) is 15.0. The first-order chi connectivity index (χ1) is 10.0. The molecule has 0 spiro atoms. The number of carbonyl (C=O) groups is 2.